The molecule has 1 unspecified atom stereocenters. The summed E-state index contributed by atoms with van der Waals surface area (Å²) in [7, 11) is -1.71. The molecule has 0 saturated carbocycles. The molecule has 112 valence electrons. The number of nitrogens with zero attached hydrogens (tertiary/aromatic N) is 2. The largest absolute Gasteiger partial charge is 0.317 e. The van der Waals surface area contributed by atoms with Gasteiger partial charge in [-0.3, -0.25) is 0 Å². The first kappa shape index (κ1) is 16.6. The second-order valence-corrected chi connectivity index (χ2v) is 7.43. The fourth-order valence-electron chi connectivity index (χ4n) is 2.41. The van der Waals surface area contributed by atoms with Crippen LogP contribution in [-0.4, -0.2) is 56.8 Å². The Morgan fingerprint density at radius 1 is 1.53 bits per heavy atom. The lowest BCUT2D eigenvalue weighted by atomic mass is 10.00. The molecule has 0 aromatic heterocycles. The van der Waals surface area contributed by atoms with Gasteiger partial charge >= 0.3 is 0 Å². The van der Waals surface area contributed by atoms with Crippen LogP contribution in [0.1, 0.15) is 26.7 Å². The SMILES string of the molecule is C=C(C)CN(C)S(=O)(=O)N1CCCC(CNCC)C1. The van der Waals surface area contributed by atoms with Gasteiger partial charge in [0.2, 0.25) is 0 Å². The van der Waals surface area contributed by atoms with Crippen LogP contribution in [0.5, 0.6) is 0 Å². The minimum Gasteiger partial charge on any atom is -0.317 e. The second kappa shape index (κ2) is 7.38. The second-order valence-electron chi connectivity index (χ2n) is 5.39. The first-order valence-corrected chi connectivity index (χ1v) is 8.34. The fraction of sp³-hybridized carbons (Fsp3) is 0.846. The lowest BCUT2D eigenvalue weighted by molar-refractivity contribution is 0.248. The molecular weight excluding hydrogens is 262 g/mol. The molecule has 1 saturated heterocycles. The molecule has 1 N–H and O–H groups in total. The summed E-state index contributed by atoms with van der Waals surface area (Å²) in [6.07, 6.45) is 2.04. The van der Waals surface area contributed by atoms with E-state index in [4.69, 9.17) is 0 Å². The molecule has 1 heterocycles. The highest BCUT2D eigenvalue weighted by Crippen LogP contribution is 2.20. The van der Waals surface area contributed by atoms with Gasteiger partial charge < -0.3 is 5.32 Å². The molecule has 0 bridgehead atoms. The topological polar surface area (TPSA) is 52.7 Å². The molecule has 0 aromatic carbocycles. The summed E-state index contributed by atoms with van der Waals surface area (Å²) in [6, 6.07) is 0. The van der Waals surface area contributed by atoms with Crippen molar-refractivity contribution >= 4 is 10.2 Å². The molecule has 1 rings (SSSR count). The van der Waals surface area contributed by atoms with Gasteiger partial charge in [-0.25, -0.2) is 0 Å². The summed E-state index contributed by atoms with van der Waals surface area (Å²) < 4.78 is 27.9. The molecule has 19 heavy (non-hydrogen) atoms. The van der Waals surface area contributed by atoms with E-state index in [9.17, 15) is 8.42 Å². The average molecular weight is 289 g/mol. The molecule has 0 amide bonds. The maximum absolute atomic E-state index is 12.4. The monoisotopic (exact) mass is 289 g/mol. The lowest BCUT2D eigenvalue weighted by Gasteiger charge is -2.34. The highest BCUT2D eigenvalue weighted by molar-refractivity contribution is 7.86. The Morgan fingerprint density at radius 2 is 2.21 bits per heavy atom. The third-order valence-corrected chi connectivity index (χ3v) is 5.28. The average Bonchev–Trinajstić information content (AvgIpc) is 2.35. The number of hydrogen-bond acceptors (Lipinski definition) is 3. The van der Waals surface area contributed by atoms with Gasteiger partial charge in [0, 0.05) is 26.7 Å². The zero-order valence-electron chi connectivity index (χ0n) is 12.4. The van der Waals surface area contributed by atoms with Crippen LogP contribution in [0.25, 0.3) is 0 Å². The van der Waals surface area contributed by atoms with Crippen molar-refractivity contribution in [3.63, 3.8) is 0 Å². The van der Waals surface area contributed by atoms with Crippen LogP contribution in [0, 0.1) is 5.92 Å². The molecule has 1 atom stereocenters. The zero-order valence-corrected chi connectivity index (χ0v) is 13.2. The Balaban J connectivity index is 2.64. The van der Waals surface area contributed by atoms with Crippen LogP contribution < -0.4 is 5.32 Å². The number of rotatable bonds is 7. The normalized spacial score (nSPS) is 21.8. The van der Waals surface area contributed by atoms with Crippen LogP contribution in [-0.2, 0) is 10.2 Å². The van der Waals surface area contributed by atoms with Gasteiger partial charge in [-0.05, 0) is 38.8 Å². The molecular formula is C13H27N3O2S. The van der Waals surface area contributed by atoms with E-state index in [0.717, 1.165) is 31.5 Å². The summed E-state index contributed by atoms with van der Waals surface area (Å²) in [5, 5.41) is 3.30. The van der Waals surface area contributed by atoms with Crippen LogP contribution in [0.2, 0.25) is 0 Å². The number of hydrogen-bond donors (Lipinski definition) is 1. The van der Waals surface area contributed by atoms with Gasteiger partial charge in [-0.15, -0.1) is 0 Å². The summed E-state index contributed by atoms with van der Waals surface area (Å²) in [4.78, 5) is 0. The van der Waals surface area contributed by atoms with Crippen LogP contribution in [0.15, 0.2) is 12.2 Å². The lowest BCUT2D eigenvalue weighted by Crippen LogP contribution is -2.48. The van der Waals surface area contributed by atoms with Crippen molar-refractivity contribution in [1.29, 1.82) is 0 Å². The van der Waals surface area contributed by atoms with Crippen molar-refractivity contribution in [3.05, 3.63) is 12.2 Å². The number of likely N-dealkylation sites (N-methyl/N-ethyl adjacent to an activating group) is 1. The maximum Gasteiger partial charge on any atom is 0.282 e. The molecule has 1 fully saturated rings. The summed E-state index contributed by atoms with van der Waals surface area (Å²) in [6.45, 7) is 11.1. The van der Waals surface area contributed by atoms with Gasteiger partial charge in [0.1, 0.15) is 0 Å². The molecule has 6 heteroatoms. The van der Waals surface area contributed by atoms with E-state index in [1.807, 2.05) is 6.92 Å². The van der Waals surface area contributed by atoms with E-state index in [2.05, 4.69) is 18.8 Å². The van der Waals surface area contributed by atoms with E-state index in [1.54, 1.807) is 11.4 Å². The summed E-state index contributed by atoms with van der Waals surface area (Å²) >= 11 is 0. The first-order valence-electron chi connectivity index (χ1n) is 6.94. The van der Waals surface area contributed by atoms with Crippen LogP contribution in [0.4, 0.5) is 0 Å². The van der Waals surface area contributed by atoms with Crippen molar-refractivity contribution < 1.29 is 8.42 Å². The third-order valence-electron chi connectivity index (χ3n) is 3.38. The predicted molar refractivity (Wildman–Crippen MR) is 79.2 cm³/mol. The van der Waals surface area contributed by atoms with Gasteiger partial charge in [0.05, 0.1) is 0 Å². The molecule has 0 radical (unpaired) electrons. The van der Waals surface area contributed by atoms with E-state index in [-0.39, 0.29) is 0 Å². The highest BCUT2D eigenvalue weighted by atomic mass is 32.2. The molecule has 1 aliphatic heterocycles. The zero-order chi connectivity index (χ0) is 14.5. The maximum atomic E-state index is 12.4. The minimum absolute atomic E-state index is 0.386. The molecule has 0 spiro atoms. The first-order chi connectivity index (χ1) is 8.87. The standard InChI is InChI=1S/C13H27N3O2S/c1-5-14-9-13-7-6-8-16(11-13)19(17,18)15(4)10-12(2)3/h13-14H,2,5-11H2,1,3-4H3. The fourth-order valence-corrected chi connectivity index (χ4v) is 3.95. The van der Waals surface area contributed by atoms with E-state index >= 15 is 0 Å². The molecule has 0 aliphatic carbocycles. The van der Waals surface area contributed by atoms with E-state index < -0.39 is 10.2 Å². The highest BCUT2D eigenvalue weighted by Gasteiger charge is 2.31. The summed E-state index contributed by atoms with van der Waals surface area (Å²) in [5.41, 5.74) is 0.854. The van der Waals surface area contributed by atoms with Gasteiger partial charge in [-0.2, -0.15) is 17.0 Å². The van der Waals surface area contributed by atoms with Crippen molar-refractivity contribution in [2.75, 3.05) is 39.8 Å². The Morgan fingerprint density at radius 3 is 2.79 bits per heavy atom. The van der Waals surface area contributed by atoms with Crippen molar-refractivity contribution in [2.45, 2.75) is 26.7 Å². The van der Waals surface area contributed by atoms with Gasteiger partial charge in [0.15, 0.2) is 0 Å². The summed E-state index contributed by atoms with van der Waals surface area (Å²) in [5.74, 6) is 0.418. The Kier molecular flexibility index (Phi) is 6.46. The van der Waals surface area contributed by atoms with Crippen LogP contribution >= 0.6 is 0 Å². The Bertz CT molecular complexity index is 395. The smallest absolute Gasteiger partial charge is 0.282 e. The molecule has 1 aliphatic rings. The van der Waals surface area contributed by atoms with Gasteiger partial charge in [0.25, 0.3) is 10.2 Å². The molecule has 0 aromatic rings. The van der Waals surface area contributed by atoms with Crippen molar-refractivity contribution in [2.24, 2.45) is 5.92 Å². The third kappa shape index (κ3) is 4.87. The van der Waals surface area contributed by atoms with E-state index in [0.29, 0.717) is 25.6 Å². The predicted octanol–water partition coefficient (Wildman–Crippen LogP) is 1.06. The number of piperidine rings is 1. The minimum atomic E-state index is -3.34. The molecule has 5 nitrogen and oxygen atoms in total. The Labute approximate surface area is 117 Å². The van der Waals surface area contributed by atoms with Crippen molar-refractivity contribution in [3.8, 4) is 0 Å². The van der Waals surface area contributed by atoms with Gasteiger partial charge in [-0.1, -0.05) is 19.1 Å². The van der Waals surface area contributed by atoms with E-state index in [1.165, 1.54) is 4.31 Å². The van der Waals surface area contributed by atoms with Crippen LogP contribution in [0.3, 0.4) is 0 Å². The van der Waals surface area contributed by atoms with Crippen molar-refractivity contribution in [1.82, 2.24) is 13.9 Å². The quantitative estimate of drug-likeness (QED) is 0.713. The Hall–Kier alpha value is -0.430. The number of nitrogens with one attached hydrogen (secondary N) is 1.